The van der Waals surface area contributed by atoms with Crippen molar-refractivity contribution < 1.29 is 0 Å². The third-order valence-electron chi connectivity index (χ3n) is 3.79. The lowest BCUT2D eigenvalue weighted by Crippen LogP contribution is -2.33. The smallest absolute Gasteiger partial charge is 0.107 e. The van der Waals surface area contributed by atoms with E-state index in [1.807, 2.05) is 0 Å². The summed E-state index contributed by atoms with van der Waals surface area (Å²) < 4.78 is 0. The van der Waals surface area contributed by atoms with Crippen molar-refractivity contribution in [1.82, 2.24) is 9.88 Å². The van der Waals surface area contributed by atoms with Crippen molar-refractivity contribution in [2.45, 2.75) is 58.9 Å². The first-order valence-corrected chi connectivity index (χ1v) is 8.30. The number of nitrogens with zero attached hydrogens (tertiary/aromatic N) is 3. The molecule has 1 aliphatic heterocycles. The van der Waals surface area contributed by atoms with Crippen molar-refractivity contribution in [1.29, 1.82) is 5.26 Å². The van der Waals surface area contributed by atoms with Crippen LogP contribution < -0.4 is 0 Å². The summed E-state index contributed by atoms with van der Waals surface area (Å²) in [4.78, 5) is 8.51. The zero-order valence-corrected chi connectivity index (χ0v) is 13.9. The quantitative estimate of drug-likeness (QED) is 0.851. The van der Waals surface area contributed by atoms with Gasteiger partial charge in [-0.05, 0) is 25.3 Å². The van der Waals surface area contributed by atoms with Crippen LogP contribution in [0.15, 0.2) is 0 Å². The summed E-state index contributed by atoms with van der Waals surface area (Å²) in [5.41, 5.74) is 1.14. The molecule has 0 radical (unpaired) electrons. The number of nitriles is 1. The first-order chi connectivity index (χ1) is 9.40. The second-order valence-electron chi connectivity index (χ2n) is 6.95. The van der Waals surface area contributed by atoms with E-state index in [2.05, 4.69) is 38.7 Å². The standard InChI is InChI=1S/C16H25N3S/c1-12-6-5-9-19(10-12)11-14-18-15(16(2,3)4)13(20-14)7-8-17/h12H,5-7,9-11H2,1-4H3. The summed E-state index contributed by atoms with van der Waals surface area (Å²) in [5, 5.41) is 10.2. The van der Waals surface area contributed by atoms with Crippen molar-refractivity contribution in [3.05, 3.63) is 15.6 Å². The Balaban J connectivity index is 2.14. The summed E-state index contributed by atoms with van der Waals surface area (Å²) in [6.45, 7) is 12.2. The minimum absolute atomic E-state index is 0.0239. The van der Waals surface area contributed by atoms with Crippen LogP contribution in [-0.4, -0.2) is 23.0 Å². The van der Waals surface area contributed by atoms with E-state index in [-0.39, 0.29) is 5.41 Å². The van der Waals surface area contributed by atoms with Crippen LogP contribution in [-0.2, 0) is 18.4 Å². The molecule has 0 spiro atoms. The molecule has 0 aromatic carbocycles. The van der Waals surface area contributed by atoms with Crippen molar-refractivity contribution in [3.63, 3.8) is 0 Å². The molecule has 0 aliphatic carbocycles. The Morgan fingerprint density at radius 2 is 2.20 bits per heavy atom. The van der Waals surface area contributed by atoms with Gasteiger partial charge in [-0.3, -0.25) is 4.90 Å². The van der Waals surface area contributed by atoms with Crippen LogP contribution in [0.4, 0.5) is 0 Å². The fourth-order valence-corrected chi connectivity index (χ4v) is 4.12. The zero-order valence-electron chi connectivity index (χ0n) is 13.1. The SMILES string of the molecule is CC1CCCN(Cc2nc(C(C)(C)C)c(CC#N)s2)C1. The lowest BCUT2D eigenvalue weighted by molar-refractivity contribution is 0.176. The Bertz CT molecular complexity index is 493. The highest BCUT2D eigenvalue weighted by atomic mass is 32.1. The lowest BCUT2D eigenvalue weighted by atomic mass is 9.91. The topological polar surface area (TPSA) is 39.9 Å². The Morgan fingerprint density at radius 1 is 1.45 bits per heavy atom. The molecule has 2 rings (SSSR count). The maximum Gasteiger partial charge on any atom is 0.107 e. The normalized spacial score (nSPS) is 20.9. The summed E-state index contributed by atoms with van der Waals surface area (Å²) in [5.74, 6) is 0.796. The Labute approximate surface area is 126 Å². The molecule has 1 aliphatic rings. The maximum atomic E-state index is 8.99. The molecule has 0 N–H and O–H groups in total. The fourth-order valence-electron chi connectivity index (χ4n) is 2.87. The van der Waals surface area contributed by atoms with Gasteiger partial charge in [0.1, 0.15) is 5.01 Å². The van der Waals surface area contributed by atoms with E-state index >= 15 is 0 Å². The minimum Gasteiger partial charge on any atom is -0.296 e. The first-order valence-electron chi connectivity index (χ1n) is 7.48. The number of aromatic nitrogens is 1. The molecule has 0 saturated carbocycles. The van der Waals surface area contributed by atoms with Crippen LogP contribution in [0.5, 0.6) is 0 Å². The predicted molar refractivity (Wildman–Crippen MR) is 83.8 cm³/mol. The Hall–Kier alpha value is -0.920. The van der Waals surface area contributed by atoms with Gasteiger partial charge in [-0.15, -0.1) is 11.3 Å². The molecule has 2 heterocycles. The van der Waals surface area contributed by atoms with Crippen molar-refractivity contribution in [2.24, 2.45) is 5.92 Å². The number of hydrogen-bond acceptors (Lipinski definition) is 4. The molecule has 1 aromatic heterocycles. The molecule has 1 unspecified atom stereocenters. The molecular formula is C16H25N3S. The first kappa shape index (κ1) is 15.5. The molecule has 1 fully saturated rings. The number of hydrogen-bond donors (Lipinski definition) is 0. The van der Waals surface area contributed by atoms with Gasteiger partial charge in [0, 0.05) is 16.8 Å². The van der Waals surface area contributed by atoms with Crippen LogP contribution >= 0.6 is 11.3 Å². The van der Waals surface area contributed by atoms with Crippen LogP contribution in [0.25, 0.3) is 0 Å². The van der Waals surface area contributed by atoms with Crippen molar-refractivity contribution >= 4 is 11.3 Å². The van der Waals surface area contributed by atoms with Gasteiger partial charge in [0.2, 0.25) is 0 Å². The highest BCUT2D eigenvalue weighted by molar-refractivity contribution is 7.11. The van der Waals surface area contributed by atoms with Gasteiger partial charge in [-0.25, -0.2) is 4.98 Å². The van der Waals surface area contributed by atoms with Gasteiger partial charge in [-0.1, -0.05) is 27.7 Å². The maximum absolute atomic E-state index is 8.99. The predicted octanol–water partition coefficient (Wildman–Crippen LogP) is 3.74. The van der Waals surface area contributed by atoms with Gasteiger partial charge >= 0.3 is 0 Å². The highest BCUT2D eigenvalue weighted by Crippen LogP contribution is 2.31. The van der Waals surface area contributed by atoms with Crippen LogP contribution in [0, 0.1) is 17.2 Å². The molecule has 1 aromatic rings. The van der Waals surface area contributed by atoms with Gasteiger partial charge in [-0.2, -0.15) is 5.26 Å². The van der Waals surface area contributed by atoms with E-state index in [0.29, 0.717) is 6.42 Å². The van der Waals surface area contributed by atoms with Crippen LogP contribution in [0.3, 0.4) is 0 Å². The molecule has 3 nitrogen and oxygen atoms in total. The average Bonchev–Trinajstić information content (AvgIpc) is 2.72. The van der Waals surface area contributed by atoms with E-state index in [4.69, 9.17) is 10.2 Å². The molecule has 110 valence electrons. The largest absolute Gasteiger partial charge is 0.296 e. The Kier molecular flexibility index (Phi) is 4.82. The number of rotatable bonds is 3. The number of likely N-dealkylation sites (tertiary alicyclic amines) is 1. The minimum atomic E-state index is 0.0239. The summed E-state index contributed by atoms with van der Waals surface area (Å²) in [6.07, 6.45) is 3.13. The van der Waals surface area contributed by atoms with Gasteiger partial charge in [0.25, 0.3) is 0 Å². The molecule has 0 bridgehead atoms. The lowest BCUT2D eigenvalue weighted by Gasteiger charge is -2.30. The van der Waals surface area contributed by atoms with E-state index in [0.717, 1.165) is 23.0 Å². The third kappa shape index (κ3) is 3.80. The average molecular weight is 291 g/mol. The van der Waals surface area contributed by atoms with Crippen molar-refractivity contribution in [3.8, 4) is 6.07 Å². The molecule has 1 atom stereocenters. The van der Waals surface area contributed by atoms with Crippen LogP contribution in [0.2, 0.25) is 0 Å². The van der Waals surface area contributed by atoms with E-state index in [1.165, 1.54) is 30.9 Å². The van der Waals surface area contributed by atoms with Crippen molar-refractivity contribution in [2.75, 3.05) is 13.1 Å². The van der Waals surface area contributed by atoms with Crippen LogP contribution in [0.1, 0.15) is 56.1 Å². The second kappa shape index (κ2) is 6.24. The van der Waals surface area contributed by atoms with Gasteiger partial charge < -0.3 is 0 Å². The number of thiazole rings is 1. The van der Waals surface area contributed by atoms with Gasteiger partial charge in [0.05, 0.1) is 24.7 Å². The zero-order chi connectivity index (χ0) is 14.8. The molecular weight excluding hydrogens is 266 g/mol. The van der Waals surface area contributed by atoms with E-state index in [1.54, 1.807) is 11.3 Å². The molecule has 20 heavy (non-hydrogen) atoms. The molecule has 1 saturated heterocycles. The Morgan fingerprint density at radius 3 is 2.80 bits per heavy atom. The van der Waals surface area contributed by atoms with Gasteiger partial charge in [0.15, 0.2) is 0 Å². The van der Waals surface area contributed by atoms with E-state index in [9.17, 15) is 0 Å². The van der Waals surface area contributed by atoms with E-state index < -0.39 is 0 Å². The summed E-state index contributed by atoms with van der Waals surface area (Å²) in [6, 6.07) is 2.28. The molecule has 4 heteroatoms. The highest BCUT2D eigenvalue weighted by Gasteiger charge is 2.24. The second-order valence-corrected chi connectivity index (χ2v) is 8.11. The molecule has 0 amide bonds. The third-order valence-corrected chi connectivity index (χ3v) is 4.83. The fraction of sp³-hybridized carbons (Fsp3) is 0.750. The monoisotopic (exact) mass is 291 g/mol. The summed E-state index contributed by atoms with van der Waals surface area (Å²) in [7, 11) is 0. The summed E-state index contributed by atoms with van der Waals surface area (Å²) >= 11 is 1.73. The number of piperidine rings is 1.